The van der Waals surface area contributed by atoms with Crippen molar-refractivity contribution < 1.29 is 14.3 Å². The van der Waals surface area contributed by atoms with Crippen molar-refractivity contribution in [2.45, 2.75) is 31.8 Å². The molecule has 0 saturated carbocycles. The number of ether oxygens (including phenoxy) is 1. The fourth-order valence-corrected chi connectivity index (χ4v) is 2.33. The predicted molar refractivity (Wildman–Crippen MR) is 78.6 cm³/mol. The van der Waals surface area contributed by atoms with E-state index in [1.54, 1.807) is 12.1 Å². The van der Waals surface area contributed by atoms with Gasteiger partial charge in [0, 0.05) is 19.0 Å². The molecule has 1 saturated heterocycles. The van der Waals surface area contributed by atoms with Gasteiger partial charge in [-0.1, -0.05) is 12.1 Å². The first-order chi connectivity index (χ1) is 10.1. The zero-order valence-electron chi connectivity index (χ0n) is 11.9. The van der Waals surface area contributed by atoms with Crippen LogP contribution in [0, 0.1) is 0 Å². The molecule has 0 bridgehead atoms. The Kier molecular flexibility index (Phi) is 5.57. The van der Waals surface area contributed by atoms with Gasteiger partial charge in [0.25, 0.3) is 5.91 Å². The summed E-state index contributed by atoms with van der Waals surface area (Å²) in [4.78, 5) is 22.5. The summed E-state index contributed by atoms with van der Waals surface area (Å²) in [6, 6.07) is 7.55. The van der Waals surface area contributed by atoms with E-state index in [1.807, 2.05) is 12.1 Å². The zero-order chi connectivity index (χ0) is 15.1. The van der Waals surface area contributed by atoms with Crippen molar-refractivity contribution >= 4 is 11.8 Å². The molecule has 1 fully saturated rings. The second-order valence-corrected chi connectivity index (χ2v) is 5.18. The van der Waals surface area contributed by atoms with E-state index < -0.39 is 5.91 Å². The largest absolute Gasteiger partial charge is 0.484 e. The third-order valence-electron chi connectivity index (χ3n) is 3.36. The Morgan fingerprint density at radius 3 is 3.00 bits per heavy atom. The summed E-state index contributed by atoms with van der Waals surface area (Å²) in [5.41, 5.74) is 5.95. The molecule has 1 atom stereocenters. The molecule has 0 aromatic heterocycles. The lowest BCUT2D eigenvalue weighted by Crippen LogP contribution is -2.31. The summed E-state index contributed by atoms with van der Waals surface area (Å²) in [5, 5.41) is 6.19. The Bertz CT molecular complexity index is 499. The van der Waals surface area contributed by atoms with Crippen molar-refractivity contribution in [1.82, 2.24) is 10.6 Å². The Balaban J connectivity index is 1.77. The Hall–Kier alpha value is -2.08. The van der Waals surface area contributed by atoms with Crippen molar-refractivity contribution in [2.24, 2.45) is 5.73 Å². The van der Waals surface area contributed by atoms with E-state index in [0.29, 0.717) is 24.8 Å². The summed E-state index contributed by atoms with van der Waals surface area (Å²) in [5.74, 6) is 0.0913. The zero-order valence-corrected chi connectivity index (χ0v) is 11.9. The van der Waals surface area contributed by atoms with E-state index in [0.717, 1.165) is 24.9 Å². The van der Waals surface area contributed by atoms with Crippen molar-refractivity contribution in [2.75, 3.05) is 13.2 Å². The van der Waals surface area contributed by atoms with Crippen LogP contribution in [0.3, 0.4) is 0 Å². The van der Waals surface area contributed by atoms with Crippen LogP contribution in [0.2, 0.25) is 0 Å². The summed E-state index contributed by atoms with van der Waals surface area (Å²) in [7, 11) is 0. The average molecular weight is 291 g/mol. The monoisotopic (exact) mass is 291 g/mol. The first kappa shape index (κ1) is 15.3. The maximum atomic E-state index is 11.8. The van der Waals surface area contributed by atoms with Crippen LogP contribution in [-0.4, -0.2) is 31.0 Å². The number of hydrogen-bond donors (Lipinski definition) is 3. The Labute approximate surface area is 124 Å². The van der Waals surface area contributed by atoms with E-state index in [-0.39, 0.29) is 12.5 Å². The predicted octanol–water partition coefficient (Wildman–Crippen LogP) is 0.309. The van der Waals surface area contributed by atoms with Crippen LogP contribution in [0.1, 0.15) is 24.8 Å². The molecule has 6 heteroatoms. The van der Waals surface area contributed by atoms with E-state index in [9.17, 15) is 9.59 Å². The van der Waals surface area contributed by atoms with Crippen LogP contribution in [0.15, 0.2) is 24.3 Å². The molecule has 4 N–H and O–H groups in total. The van der Waals surface area contributed by atoms with Crippen molar-refractivity contribution in [3.8, 4) is 5.75 Å². The number of hydrogen-bond acceptors (Lipinski definition) is 4. The number of primary amides is 1. The molecule has 1 unspecified atom stereocenters. The second kappa shape index (κ2) is 7.64. The van der Waals surface area contributed by atoms with Crippen molar-refractivity contribution in [3.05, 3.63) is 29.8 Å². The molecule has 1 aliphatic heterocycles. The number of carbonyl (C=O) groups excluding carboxylic acids is 2. The van der Waals surface area contributed by atoms with Gasteiger partial charge in [-0.25, -0.2) is 0 Å². The summed E-state index contributed by atoms with van der Waals surface area (Å²) in [6.45, 7) is 1.29. The molecular weight excluding hydrogens is 270 g/mol. The van der Waals surface area contributed by atoms with E-state index in [2.05, 4.69) is 10.6 Å². The maximum absolute atomic E-state index is 11.8. The fourth-order valence-electron chi connectivity index (χ4n) is 2.33. The molecule has 1 aromatic carbocycles. The molecule has 1 aromatic rings. The highest BCUT2D eigenvalue weighted by Crippen LogP contribution is 2.13. The second-order valence-electron chi connectivity index (χ2n) is 5.18. The smallest absolute Gasteiger partial charge is 0.255 e. The molecule has 114 valence electrons. The van der Waals surface area contributed by atoms with Crippen LogP contribution in [0.4, 0.5) is 0 Å². The van der Waals surface area contributed by atoms with Crippen molar-refractivity contribution in [3.63, 3.8) is 0 Å². The minimum atomic E-state index is -0.516. The third-order valence-corrected chi connectivity index (χ3v) is 3.36. The standard InChI is InChI=1S/C15H21N3O3/c16-14(19)10-21-13-5-1-3-11(7-13)9-18-15(20)8-12-4-2-6-17-12/h1,3,5,7,12,17H,2,4,6,8-10H2,(H2,16,19)(H,18,20). The lowest BCUT2D eigenvalue weighted by atomic mass is 10.1. The molecule has 21 heavy (non-hydrogen) atoms. The minimum Gasteiger partial charge on any atom is -0.484 e. The minimum absolute atomic E-state index is 0.0397. The van der Waals surface area contributed by atoms with Crippen LogP contribution >= 0.6 is 0 Å². The maximum Gasteiger partial charge on any atom is 0.255 e. The number of rotatable bonds is 7. The first-order valence-electron chi connectivity index (χ1n) is 7.13. The molecular formula is C15H21N3O3. The van der Waals surface area contributed by atoms with E-state index in [1.165, 1.54) is 0 Å². The van der Waals surface area contributed by atoms with Crippen LogP contribution < -0.4 is 21.1 Å². The van der Waals surface area contributed by atoms with Gasteiger partial charge in [-0.2, -0.15) is 0 Å². The molecule has 2 rings (SSSR count). The lowest BCUT2D eigenvalue weighted by molar-refractivity contribution is -0.121. The van der Waals surface area contributed by atoms with E-state index in [4.69, 9.17) is 10.5 Å². The molecule has 1 heterocycles. The molecule has 0 radical (unpaired) electrons. The van der Waals surface area contributed by atoms with Gasteiger partial charge in [0.2, 0.25) is 5.91 Å². The Morgan fingerprint density at radius 2 is 2.29 bits per heavy atom. The topological polar surface area (TPSA) is 93.5 Å². The number of carbonyl (C=O) groups is 2. The highest BCUT2D eigenvalue weighted by Gasteiger charge is 2.17. The van der Waals surface area contributed by atoms with E-state index >= 15 is 0 Å². The fraction of sp³-hybridized carbons (Fsp3) is 0.467. The van der Waals surface area contributed by atoms with Crippen LogP contribution in [-0.2, 0) is 16.1 Å². The molecule has 1 aliphatic rings. The normalized spacial score (nSPS) is 17.4. The molecule has 2 amide bonds. The number of nitrogens with one attached hydrogen (secondary N) is 2. The number of nitrogens with two attached hydrogens (primary N) is 1. The van der Waals surface area contributed by atoms with Gasteiger partial charge in [-0.3, -0.25) is 9.59 Å². The van der Waals surface area contributed by atoms with Gasteiger partial charge in [0.05, 0.1) is 0 Å². The van der Waals surface area contributed by atoms with Gasteiger partial charge < -0.3 is 21.1 Å². The van der Waals surface area contributed by atoms with Gasteiger partial charge in [0.1, 0.15) is 5.75 Å². The third kappa shape index (κ3) is 5.43. The summed E-state index contributed by atoms with van der Waals surface area (Å²) < 4.78 is 5.23. The molecule has 6 nitrogen and oxygen atoms in total. The number of benzene rings is 1. The van der Waals surface area contributed by atoms with Gasteiger partial charge in [0.15, 0.2) is 6.61 Å². The van der Waals surface area contributed by atoms with Crippen molar-refractivity contribution in [1.29, 1.82) is 0 Å². The highest BCUT2D eigenvalue weighted by molar-refractivity contribution is 5.76. The Morgan fingerprint density at radius 1 is 1.43 bits per heavy atom. The summed E-state index contributed by atoms with van der Waals surface area (Å²) >= 11 is 0. The molecule has 0 spiro atoms. The highest BCUT2D eigenvalue weighted by atomic mass is 16.5. The van der Waals surface area contributed by atoms with Gasteiger partial charge in [-0.05, 0) is 37.1 Å². The SMILES string of the molecule is NC(=O)COc1cccc(CNC(=O)CC2CCCN2)c1. The number of amides is 2. The summed E-state index contributed by atoms with van der Waals surface area (Å²) in [6.07, 6.45) is 2.71. The van der Waals surface area contributed by atoms with Crippen LogP contribution in [0.25, 0.3) is 0 Å². The quantitative estimate of drug-likeness (QED) is 0.674. The van der Waals surface area contributed by atoms with Crippen LogP contribution in [0.5, 0.6) is 5.75 Å². The average Bonchev–Trinajstić information content (AvgIpc) is 2.96. The van der Waals surface area contributed by atoms with Gasteiger partial charge >= 0.3 is 0 Å². The first-order valence-corrected chi connectivity index (χ1v) is 7.13. The van der Waals surface area contributed by atoms with Gasteiger partial charge in [-0.15, -0.1) is 0 Å². The lowest BCUT2D eigenvalue weighted by Gasteiger charge is -2.11. The molecule has 0 aliphatic carbocycles.